The number of nitrogens with zero attached hydrogens (tertiary/aromatic N) is 1. The van der Waals surface area contributed by atoms with E-state index in [9.17, 15) is 4.79 Å². The van der Waals surface area contributed by atoms with Gasteiger partial charge in [-0.05, 0) is 31.0 Å². The molecule has 15 heavy (non-hydrogen) atoms. The van der Waals surface area contributed by atoms with Gasteiger partial charge in [-0.3, -0.25) is 4.79 Å². The fraction of sp³-hybridized carbons (Fsp3) is 0.417. The van der Waals surface area contributed by atoms with E-state index in [4.69, 9.17) is 4.74 Å². The fourth-order valence-corrected chi connectivity index (χ4v) is 2.00. The summed E-state index contributed by atoms with van der Waals surface area (Å²) in [6.45, 7) is 2.10. The zero-order valence-corrected chi connectivity index (χ0v) is 8.90. The van der Waals surface area contributed by atoms with Crippen LogP contribution in [0.5, 0.6) is 5.75 Å². The molecule has 0 saturated carbocycles. The second kappa shape index (κ2) is 4.34. The van der Waals surface area contributed by atoms with Crippen molar-refractivity contribution < 1.29 is 9.53 Å². The standard InChI is InChI=1S/C12H15NO2/c1-15-11-4-5-12(10(8-11)9-14)13-6-2-3-7-13/h4-5,8-9H,2-3,6-7H2,1H3. The third-order valence-electron chi connectivity index (χ3n) is 2.81. The molecular formula is C12H15NO2. The molecule has 3 nitrogen and oxygen atoms in total. The van der Waals surface area contributed by atoms with Crippen molar-refractivity contribution >= 4 is 12.0 Å². The van der Waals surface area contributed by atoms with Crippen molar-refractivity contribution in [2.24, 2.45) is 0 Å². The van der Waals surface area contributed by atoms with E-state index in [0.717, 1.165) is 36.4 Å². The van der Waals surface area contributed by atoms with Crippen LogP contribution in [0.4, 0.5) is 5.69 Å². The molecule has 0 N–H and O–H groups in total. The van der Waals surface area contributed by atoms with Crippen LogP contribution in [0.3, 0.4) is 0 Å². The van der Waals surface area contributed by atoms with Crippen molar-refractivity contribution in [3.63, 3.8) is 0 Å². The van der Waals surface area contributed by atoms with Crippen molar-refractivity contribution in [1.29, 1.82) is 0 Å². The van der Waals surface area contributed by atoms with E-state index in [0.29, 0.717) is 0 Å². The molecule has 0 spiro atoms. The van der Waals surface area contributed by atoms with Crippen molar-refractivity contribution in [3.05, 3.63) is 23.8 Å². The average molecular weight is 205 g/mol. The molecular weight excluding hydrogens is 190 g/mol. The molecule has 0 unspecified atom stereocenters. The number of benzene rings is 1. The fourth-order valence-electron chi connectivity index (χ4n) is 2.00. The Morgan fingerprint density at radius 2 is 2.07 bits per heavy atom. The monoisotopic (exact) mass is 205 g/mol. The molecule has 0 bridgehead atoms. The van der Waals surface area contributed by atoms with Crippen LogP contribution in [-0.2, 0) is 0 Å². The van der Waals surface area contributed by atoms with E-state index in [-0.39, 0.29) is 0 Å². The second-order valence-corrected chi connectivity index (χ2v) is 3.74. The maximum absolute atomic E-state index is 11.0. The van der Waals surface area contributed by atoms with E-state index >= 15 is 0 Å². The summed E-state index contributed by atoms with van der Waals surface area (Å²) in [5.74, 6) is 0.736. The predicted octanol–water partition coefficient (Wildman–Crippen LogP) is 2.11. The van der Waals surface area contributed by atoms with E-state index in [1.807, 2.05) is 12.1 Å². The molecule has 0 atom stereocenters. The molecule has 0 amide bonds. The number of carbonyl (C=O) groups excluding carboxylic acids is 1. The molecule has 0 aliphatic carbocycles. The van der Waals surface area contributed by atoms with Crippen LogP contribution in [0, 0.1) is 0 Å². The lowest BCUT2D eigenvalue weighted by molar-refractivity contribution is 0.112. The zero-order valence-electron chi connectivity index (χ0n) is 8.90. The smallest absolute Gasteiger partial charge is 0.152 e. The molecule has 1 aliphatic heterocycles. The van der Waals surface area contributed by atoms with Gasteiger partial charge in [0.15, 0.2) is 6.29 Å². The van der Waals surface area contributed by atoms with Gasteiger partial charge in [-0.15, -0.1) is 0 Å². The molecule has 1 fully saturated rings. The van der Waals surface area contributed by atoms with E-state index < -0.39 is 0 Å². The first-order valence-electron chi connectivity index (χ1n) is 5.23. The highest BCUT2D eigenvalue weighted by atomic mass is 16.5. The quantitative estimate of drug-likeness (QED) is 0.708. The van der Waals surface area contributed by atoms with Gasteiger partial charge in [0.05, 0.1) is 7.11 Å². The minimum absolute atomic E-state index is 0.719. The van der Waals surface area contributed by atoms with Gasteiger partial charge in [0.2, 0.25) is 0 Å². The summed E-state index contributed by atoms with van der Waals surface area (Å²) in [5, 5.41) is 0. The van der Waals surface area contributed by atoms with Gasteiger partial charge >= 0.3 is 0 Å². The summed E-state index contributed by atoms with van der Waals surface area (Å²) < 4.78 is 5.10. The van der Waals surface area contributed by atoms with Gasteiger partial charge in [0.25, 0.3) is 0 Å². The molecule has 1 aromatic carbocycles. The molecule has 1 aliphatic rings. The number of rotatable bonds is 3. The van der Waals surface area contributed by atoms with Crippen LogP contribution >= 0.6 is 0 Å². The number of carbonyl (C=O) groups is 1. The van der Waals surface area contributed by atoms with Crippen LogP contribution < -0.4 is 9.64 Å². The third kappa shape index (κ3) is 1.96. The van der Waals surface area contributed by atoms with E-state index in [2.05, 4.69) is 4.90 Å². The van der Waals surface area contributed by atoms with Gasteiger partial charge in [-0.25, -0.2) is 0 Å². The highest BCUT2D eigenvalue weighted by molar-refractivity contribution is 5.85. The van der Waals surface area contributed by atoms with Crippen molar-refractivity contribution in [2.45, 2.75) is 12.8 Å². The molecule has 0 radical (unpaired) electrons. The zero-order chi connectivity index (χ0) is 10.7. The number of hydrogen-bond donors (Lipinski definition) is 0. The van der Waals surface area contributed by atoms with Gasteiger partial charge in [0.1, 0.15) is 5.75 Å². The Hall–Kier alpha value is -1.51. The third-order valence-corrected chi connectivity index (χ3v) is 2.81. The van der Waals surface area contributed by atoms with Crippen LogP contribution in [0.2, 0.25) is 0 Å². The van der Waals surface area contributed by atoms with Crippen LogP contribution in [0.15, 0.2) is 18.2 Å². The molecule has 1 heterocycles. The highest BCUT2D eigenvalue weighted by Crippen LogP contribution is 2.26. The largest absolute Gasteiger partial charge is 0.497 e. The lowest BCUT2D eigenvalue weighted by Crippen LogP contribution is -2.19. The summed E-state index contributed by atoms with van der Waals surface area (Å²) in [6, 6.07) is 5.66. The number of aldehydes is 1. The van der Waals surface area contributed by atoms with Gasteiger partial charge < -0.3 is 9.64 Å². The Morgan fingerprint density at radius 1 is 1.33 bits per heavy atom. The van der Waals surface area contributed by atoms with E-state index in [1.54, 1.807) is 13.2 Å². The summed E-state index contributed by atoms with van der Waals surface area (Å²) in [5.41, 5.74) is 1.75. The van der Waals surface area contributed by atoms with Crippen LogP contribution in [-0.4, -0.2) is 26.5 Å². The molecule has 1 aromatic rings. The SMILES string of the molecule is COc1ccc(N2CCCC2)c(C=O)c1. The normalized spacial score (nSPS) is 15.4. The Labute approximate surface area is 89.7 Å². The molecule has 2 rings (SSSR count). The second-order valence-electron chi connectivity index (χ2n) is 3.74. The first-order valence-corrected chi connectivity index (χ1v) is 5.23. The van der Waals surface area contributed by atoms with Gasteiger partial charge in [-0.1, -0.05) is 0 Å². The summed E-state index contributed by atoms with van der Waals surface area (Å²) in [7, 11) is 1.61. The van der Waals surface area contributed by atoms with E-state index in [1.165, 1.54) is 12.8 Å². The number of anilines is 1. The molecule has 3 heteroatoms. The first-order chi connectivity index (χ1) is 7.35. The lowest BCUT2D eigenvalue weighted by Gasteiger charge is -2.19. The minimum Gasteiger partial charge on any atom is -0.497 e. The Morgan fingerprint density at radius 3 is 2.67 bits per heavy atom. The first kappa shape index (κ1) is 10.0. The molecule has 80 valence electrons. The number of methoxy groups -OCH3 is 1. The average Bonchev–Trinajstić information content (AvgIpc) is 2.81. The maximum atomic E-state index is 11.0. The predicted molar refractivity (Wildman–Crippen MR) is 59.8 cm³/mol. The molecule has 1 saturated heterocycles. The minimum atomic E-state index is 0.719. The summed E-state index contributed by atoms with van der Waals surface area (Å²) >= 11 is 0. The van der Waals surface area contributed by atoms with Gasteiger partial charge in [-0.2, -0.15) is 0 Å². The van der Waals surface area contributed by atoms with Crippen LogP contribution in [0.1, 0.15) is 23.2 Å². The highest BCUT2D eigenvalue weighted by Gasteiger charge is 2.15. The molecule has 0 aromatic heterocycles. The summed E-state index contributed by atoms with van der Waals surface area (Å²) in [6.07, 6.45) is 3.32. The van der Waals surface area contributed by atoms with Crippen LogP contribution in [0.25, 0.3) is 0 Å². The van der Waals surface area contributed by atoms with Crippen molar-refractivity contribution in [3.8, 4) is 5.75 Å². The summed E-state index contributed by atoms with van der Waals surface area (Å²) in [4.78, 5) is 13.2. The number of ether oxygens (including phenoxy) is 1. The van der Waals surface area contributed by atoms with Gasteiger partial charge in [0, 0.05) is 24.3 Å². The topological polar surface area (TPSA) is 29.5 Å². The maximum Gasteiger partial charge on any atom is 0.152 e. The van der Waals surface area contributed by atoms with Crippen molar-refractivity contribution in [1.82, 2.24) is 0 Å². The Bertz CT molecular complexity index is 357. The Balaban J connectivity index is 2.33. The number of hydrogen-bond acceptors (Lipinski definition) is 3. The van der Waals surface area contributed by atoms with Crippen molar-refractivity contribution in [2.75, 3.05) is 25.1 Å². The Kier molecular flexibility index (Phi) is 2.90. The lowest BCUT2D eigenvalue weighted by atomic mass is 10.1.